The summed E-state index contributed by atoms with van der Waals surface area (Å²) in [6.45, 7) is 0.984. The van der Waals surface area contributed by atoms with Crippen molar-refractivity contribution in [3.63, 3.8) is 0 Å². The number of nitrogens with two attached hydrogens (primary N) is 1. The Morgan fingerprint density at radius 2 is 2.22 bits per heavy atom. The first kappa shape index (κ1) is 13.1. The van der Waals surface area contributed by atoms with Crippen LogP contribution >= 0.6 is 23.6 Å². The van der Waals surface area contributed by atoms with E-state index in [9.17, 15) is 0 Å². The summed E-state index contributed by atoms with van der Waals surface area (Å²) in [7, 11) is 2.09. The molecule has 0 spiro atoms. The number of likely N-dealkylation sites (N-methyl/N-ethyl adjacent to an activating group) is 1. The van der Waals surface area contributed by atoms with Gasteiger partial charge in [-0.15, -0.1) is 0 Å². The zero-order valence-electron chi connectivity index (χ0n) is 10.3. The first-order valence-corrected chi connectivity index (χ1v) is 7.14. The topological polar surface area (TPSA) is 29.3 Å². The lowest BCUT2D eigenvalue weighted by Crippen LogP contribution is -2.20. The van der Waals surface area contributed by atoms with Gasteiger partial charge in [-0.2, -0.15) is 11.3 Å². The number of thiocarbonyl (C=S) groups is 1. The van der Waals surface area contributed by atoms with Crippen LogP contribution in [0.1, 0.15) is 11.1 Å². The summed E-state index contributed by atoms with van der Waals surface area (Å²) in [6, 6.07) is 10.2. The van der Waals surface area contributed by atoms with E-state index in [2.05, 4.69) is 34.8 Å². The molecule has 0 saturated carbocycles. The molecule has 94 valence electrons. The van der Waals surface area contributed by atoms with E-state index in [1.807, 2.05) is 18.2 Å². The van der Waals surface area contributed by atoms with Crippen molar-refractivity contribution in [2.24, 2.45) is 5.73 Å². The van der Waals surface area contributed by atoms with Gasteiger partial charge in [0.2, 0.25) is 0 Å². The summed E-state index contributed by atoms with van der Waals surface area (Å²) in [5.41, 5.74) is 9.10. The molecule has 0 aliphatic rings. The molecule has 2 nitrogen and oxygen atoms in total. The average Bonchev–Trinajstić information content (AvgIpc) is 2.89. The molecule has 1 aromatic heterocycles. The average molecular weight is 276 g/mol. The van der Waals surface area contributed by atoms with Crippen molar-refractivity contribution >= 4 is 34.2 Å². The summed E-state index contributed by atoms with van der Waals surface area (Å²) >= 11 is 6.74. The van der Waals surface area contributed by atoms with Gasteiger partial charge < -0.3 is 10.6 Å². The largest absolute Gasteiger partial charge is 0.389 e. The van der Waals surface area contributed by atoms with Crippen LogP contribution < -0.4 is 10.6 Å². The highest BCUT2D eigenvalue weighted by atomic mass is 32.1. The van der Waals surface area contributed by atoms with E-state index in [-0.39, 0.29) is 0 Å². The van der Waals surface area contributed by atoms with Gasteiger partial charge in [0.05, 0.1) is 0 Å². The van der Waals surface area contributed by atoms with Crippen LogP contribution in [0.4, 0.5) is 5.69 Å². The molecule has 0 amide bonds. The second-order valence-electron chi connectivity index (χ2n) is 4.22. The lowest BCUT2D eigenvalue weighted by Gasteiger charge is -2.19. The van der Waals surface area contributed by atoms with Gasteiger partial charge in [-0.25, -0.2) is 0 Å². The first-order chi connectivity index (χ1) is 8.66. The van der Waals surface area contributed by atoms with Gasteiger partial charge >= 0.3 is 0 Å². The Morgan fingerprint density at radius 1 is 1.39 bits per heavy atom. The normalized spacial score (nSPS) is 10.3. The second-order valence-corrected chi connectivity index (χ2v) is 5.44. The summed E-state index contributed by atoms with van der Waals surface area (Å²) < 4.78 is 0. The van der Waals surface area contributed by atoms with Gasteiger partial charge in [0.15, 0.2) is 0 Å². The van der Waals surface area contributed by atoms with Gasteiger partial charge in [-0.1, -0.05) is 24.4 Å². The van der Waals surface area contributed by atoms with E-state index in [1.165, 1.54) is 5.56 Å². The Kier molecular flexibility index (Phi) is 4.33. The van der Waals surface area contributed by atoms with Crippen molar-refractivity contribution < 1.29 is 0 Å². The summed E-state index contributed by atoms with van der Waals surface area (Å²) in [4.78, 5) is 2.67. The molecule has 18 heavy (non-hydrogen) atoms. The Hall–Kier alpha value is -1.39. The van der Waals surface area contributed by atoms with Crippen LogP contribution in [0.25, 0.3) is 0 Å². The molecule has 0 fully saturated rings. The monoisotopic (exact) mass is 276 g/mol. The molecule has 0 radical (unpaired) electrons. The summed E-state index contributed by atoms with van der Waals surface area (Å²) in [5.74, 6) is 0. The van der Waals surface area contributed by atoms with Crippen LogP contribution in [0.15, 0.2) is 41.1 Å². The predicted molar refractivity (Wildman–Crippen MR) is 83.6 cm³/mol. The Bertz CT molecular complexity index is 520. The van der Waals surface area contributed by atoms with Crippen molar-refractivity contribution in [2.75, 3.05) is 18.5 Å². The number of hydrogen-bond acceptors (Lipinski definition) is 3. The zero-order valence-corrected chi connectivity index (χ0v) is 11.9. The molecule has 0 atom stereocenters. The maximum absolute atomic E-state index is 5.65. The minimum atomic E-state index is 0.447. The van der Waals surface area contributed by atoms with Gasteiger partial charge in [-0.05, 0) is 40.9 Å². The number of anilines is 1. The van der Waals surface area contributed by atoms with Crippen molar-refractivity contribution in [3.8, 4) is 0 Å². The van der Waals surface area contributed by atoms with Gasteiger partial charge in [0, 0.05) is 24.8 Å². The SMILES string of the molecule is CN(CCc1ccsc1)c1cccc(C(N)=S)c1. The third-order valence-corrected chi connectivity index (χ3v) is 3.86. The summed E-state index contributed by atoms with van der Waals surface area (Å²) in [6.07, 6.45) is 1.05. The predicted octanol–water partition coefficient (Wildman–Crippen LogP) is 3.06. The third-order valence-electron chi connectivity index (χ3n) is 2.89. The van der Waals surface area contributed by atoms with Crippen LogP contribution in [0.5, 0.6) is 0 Å². The fourth-order valence-electron chi connectivity index (χ4n) is 1.76. The number of nitrogens with zero attached hydrogens (tertiary/aromatic N) is 1. The molecule has 2 N–H and O–H groups in total. The molecule has 0 aliphatic carbocycles. The molecule has 0 aliphatic heterocycles. The fourth-order valence-corrected chi connectivity index (χ4v) is 2.59. The second kappa shape index (κ2) is 5.98. The van der Waals surface area contributed by atoms with Crippen LogP contribution in [0, 0.1) is 0 Å². The molecule has 0 saturated heterocycles. The van der Waals surface area contributed by atoms with Gasteiger partial charge in [0.25, 0.3) is 0 Å². The number of rotatable bonds is 5. The van der Waals surface area contributed by atoms with Crippen molar-refractivity contribution in [3.05, 3.63) is 52.2 Å². The van der Waals surface area contributed by atoms with E-state index < -0.39 is 0 Å². The third kappa shape index (κ3) is 3.31. The molecule has 1 aromatic carbocycles. The molecule has 2 aromatic rings. The minimum absolute atomic E-state index is 0.447. The maximum atomic E-state index is 5.65. The molecule has 2 rings (SSSR count). The van der Waals surface area contributed by atoms with E-state index in [1.54, 1.807) is 11.3 Å². The highest BCUT2D eigenvalue weighted by Gasteiger charge is 2.04. The zero-order chi connectivity index (χ0) is 13.0. The van der Waals surface area contributed by atoms with Crippen LogP contribution in [0.2, 0.25) is 0 Å². The molecule has 0 unspecified atom stereocenters. The molecular weight excluding hydrogens is 260 g/mol. The first-order valence-electron chi connectivity index (χ1n) is 5.79. The van der Waals surface area contributed by atoms with Crippen LogP contribution in [-0.2, 0) is 6.42 Å². The highest BCUT2D eigenvalue weighted by molar-refractivity contribution is 7.80. The Labute approximate surface area is 117 Å². The number of thiophene rings is 1. The van der Waals surface area contributed by atoms with Crippen LogP contribution in [0.3, 0.4) is 0 Å². The minimum Gasteiger partial charge on any atom is -0.389 e. The van der Waals surface area contributed by atoms with Gasteiger partial charge in [-0.3, -0.25) is 0 Å². The lowest BCUT2D eigenvalue weighted by atomic mass is 10.1. The lowest BCUT2D eigenvalue weighted by molar-refractivity contribution is 0.879. The Balaban J connectivity index is 2.02. The highest BCUT2D eigenvalue weighted by Crippen LogP contribution is 2.16. The maximum Gasteiger partial charge on any atom is 0.104 e. The Morgan fingerprint density at radius 3 is 2.89 bits per heavy atom. The van der Waals surface area contributed by atoms with Gasteiger partial charge in [0.1, 0.15) is 4.99 Å². The van der Waals surface area contributed by atoms with E-state index >= 15 is 0 Å². The number of benzene rings is 1. The van der Waals surface area contributed by atoms with Crippen molar-refractivity contribution in [2.45, 2.75) is 6.42 Å². The standard InChI is InChI=1S/C14H16N2S2/c1-16(7-5-11-6-8-18-10-11)13-4-2-3-12(9-13)14(15)17/h2-4,6,8-10H,5,7H2,1H3,(H2,15,17). The quantitative estimate of drug-likeness (QED) is 0.851. The summed E-state index contributed by atoms with van der Waals surface area (Å²) in [5, 5.41) is 4.31. The molecule has 4 heteroatoms. The smallest absolute Gasteiger partial charge is 0.104 e. The van der Waals surface area contributed by atoms with E-state index in [4.69, 9.17) is 18.0 Å². The molecular formula is C14H16N2S2. The van der Waals surface area contributed by atoms with E-state index in [0.717, 1.165) is 24.2 Å². The molecule has 1 heterocycles. The fraction of sp³-hybridized carbons (Fsp3) is 0.214. The van der Waals surface area contributed by atoms with E-state index in [0.29, 0.717) is 4.99 Å². The number of hydrogen-bond donors (Lipinski definition) is 1. The molecule has 0 bridgehead atoms. The van der Waals surface area contributed by atoms with Crippen molar-refractivity contribution in [1.82, 2.24) is 0 Å². The van der Waals surface area contributed by atoms with Crippen molar-refractivity contribution in [1.29, 1.82) is 0 Å². The van der Waals surface area contributed by atoms with Crippen LogP contribution in [-0.4, -0.2) is 18.6 Å².